The van der Waals surface area contributed by atoms with E-state index < -0.39 is 0 Å². The summed E-state index contributed by atoms with van der Waals surface area (Å²) in [5.74, 6) is 0.183. The van der Waals surface area contributed by atoms with Crippen molar-refractivity contribution >= 4 is 5.78 Å². The highest BCUT2D eigenvalue weighted by Gasteiger charge is 1.97. The minimum atomic E-state index is 0.183. The summed E-state index contributed by atoms with van der Waals surface area (Å²) in [6.45, 7) is 5.71. The van der Waals surface area contributed by atoms with Crippen LogP contribution >= 0.6 is 0 Å². The number of hydrogen-bond donors (Lipinski definition) is 0. The van der Waals surface area contributed by atoms with E-state index in [1.54, 1.807) is 6.92 Å². The number of hydrogen-bond acceptors (Lipinski definition) is 1. The molecule has 0 aromatic carbocycles. The first kappa shape index (κ1) is 12.2. The number of allylic oxidation sites excluding steroid dienone is 4. The van der Waals surface area contributed by atoms with Crippen LogP contribution in [0, 0.1) is 0 Å². The zero-order chi connectivity index (χ0) is 10.1. The number of Topliss-reactive ketones (excluding diaryl/α,β-unsaturated/α-hetero) is 1. The van der Waals surface area contributed by atoms with Crippen molar-refractivity contribution in [2.45, 2.75) is 46.5 Å². The third-order valence-corrected chi connectivity index (χ3v) is 2.03. The van der Waals surface area contributed by atoms with Crippen molar-refractivity contribution in [3.05, 3.63) is 23.8 Å². The molecule has 0 aromatic rings. The molecule has 0 aliphatic carbocycles. The topological polar surface area (TPSA) is 17.1 Å². The lowest BCUT2D eigenvalue weighted by Crippen LogP contribution is -1.94. The molecule has 13 heavy (non-hydrogen) atoms. The maximum atomic E-state index is 11.0. The number of unbranched alkanes of at least 4 members (excludes halogenated alkanes) is 2. The van der Waals surface area contributed by atoms with Crippen molar-refractivity contribution in [2.24, 2.45) is 0 Å². The van der Waals surface area contributed by atoms with Crippen LogP contribution in [0.15, 0.2) is 23.8 Å². The first-order chi connectivity index (χ1) is 6.22. The van der Waals surface area contributed by atoms with Crippen molar-refractivity contribution in [3.8, 4) is 0 Å². The maximum absolute atomic E-state index is 11.0. The van der Waals surface area contributed by atoms with E-state index in [9.17, 15) is 4.79 Å². The van der Waals surface area contributed by atoms with Gasteiger partial charge in [0.1, 0.15) is 0 Å². The molecule has 0 unspecified atom stereocenters. The van der Waals surface area contributed by atoms with Gasteiger partial charge in [-0.15, -0.1) is 0 Å². The van der Waals surface area contributed by atoms with Crippen LogP contribution in [-0.2, 0) is 4.79 Å². The average molecular weight is 180 g/mol. The van der Waals surface area contributed by atoms with Gasteiger partial charge in [0.2, 0.25) is 0 Å². The van der Waals surface area contributed by atoms with E-state index in [0.29, 0.717) is 0 Å². The molecule has 0 aromatic heterocycles. The number of rotatable bonds is 6. The molecule has 0 bridgehead atoms. The molecule has 74 valence electrons. The van der Waals surface area contributed by atoms with Gasteiger partial charge in [-0.2, -0.15) is 0 Å². The van der Waals surface area contributed by atoms with Gasteiger partial charge in [0.15, 0.2) is 5.78 Å². The molecule has 0 radical (unpaired) electrons. The largest absolute Gasteiger partial charge is 0.295 e. The smallest absolute Gasteiger partial charge is 0.155 e. The van der Waals surface area contributed by atoms with Gasteiger partial charge < -0.3 is 0 Å². The quantitative estimate of drug-likeness (QED) is 0.346. The lowest BCUT2D eigenvalue weighted by molar-refractivity contribution is -0.113. The minimum absolute atomic E-state index is 0.183. The Morgan fingerprint density at radius 3 is 2.46 bits per heavy atom. The average Bonchev–Trinajstić information content (AvgIpc) is 2.10. The number of carbonyl (C=O) groups is 1. The SMILES string of the molecule is C/C=C(\C/C=C/CCCC)C(C)=O. The lowest BCUT2D eigenvalue weighted by atomic mass is 10.1. The van der Waals surface area contributed by atoms with Crippen LogP contribution < -0.4 is 0 Å². The normalized spacial score (nSPS) is 12.4. The molecule has 0 rings (SSSR count). The third kappa shape index (κ3) is 6.32. The van der Waals surface area contributed by atoms with Gasteiger partial charge in [0, 0.05) is 0 Å². The van der Waals surface area contributed by atoms with Crippen molar-refractivity contribution < 1.29 is 4.79 Å². The third-order valence-electron chi connectivity index (χ3n) is 2.03. The molecule has 0 fully saturated rings. The van der Waals surface area contributed by atoms with Crippen LogP contribution in [0.5, 0.6) is 0 Å². The predicted octanol–water partition coefficient (Wildman–Crippen LogP) is 3.66. The fourth-order valence-electron chi connectivity index (χ4n) is 1.11. The van der Waals surface area contributed by atoms with Crippen LogP contribution in [0.4, 0.5) is 0 Å². The first-order valence-corrected chi connectivity index (χ1v) is 5.03. The van der Waals surface area contributed by atoms with Crippen LogP contribution in [-0.4, -0.2) is 5.78 Å². The van der Waals surface area contributed by atoms with Gasteiger partial charge in [-0.05, 0) is 32.3 Å². The summed E-state index contributed by atoms with van der Waals surface area (Å²) in [5.41, 5.74) is 0.910. The fraction of sp³-hybridized carbons (Fsp3) is 0.583. The zero-order valence-corrected chi connectivity index (χ0v) is 8.97. The molecule has 0 aliphatic rings. The van der Waals surface area contributed by atoms with Crippen molar-refractivity contribution in [2.75, 3.05) is 0 Å². The Morgan fingerprint density at radius 1 is 1.31 bits per heavy atom. The molecule has 0 amide bonds. The number of ketones is 1. The Morgan fingerprint density at radius 2 is 2.00 bits per heavy atom. The maximum Gasteiger partial charge on any atom is 0.155 e. The second-order valence-corrected chi connectivity index (χ2v) is 3.19. The summed E-state index contributed by atoms with van der Waals surface area (Å²) in [5, 5.41) is 0. The second kappa shape index (κ2) is 7.78. The van der Waals surface area contributed by atoms with Crippen LogP contribution in [0.25, 0.3) is 0 Å². The van der Waals surface area contributed by atoms with E-state index in [1.807, 2.05) is 13.0 Å². The van der Waals surface area contributed by atoms with E-state index in [4.69, 9.17) is 0 Å². The van der Waals surface area contributed by atoms with Crippen LogP contribution in [0.3, 0.4) is 0 Å². The molecular weight excluding hydrogens is 160 g/mol. The second-order valence-electron chi connectivity index (χ2n) is 3.19. The first-order valence-electron chi connectivity index (χ1n) is 5.03. The summed E-state index contributed by atoms with van der Waals surface area (Å²) in [6.07, 6.45) is 10.5. The number of carbonyl (C=O) groups excluding carboxylic acids is 1. The zero-order valence-electron chi connectivity index (χ0n) is 8.97. The van der Waals surface area contributed by atoms with E-state index in [1.165, 1.54) is 12.8 Å². The van der Waals surface area contributed by atoms with Crippen molar-refractivity contribution in [3.63, 3.8) is 0 Å². The fourth-order valence-corrected chi connectivity index (χ4v) is 1.11. The molecule has 1 heteroatoms. The highest BCUT2D eigenvalue weighted by Crippen LogP contribution is 2.05. The molecule has 0 atom stereocenters. The summed E-state index contributed by atoms with van der Waals surface area (Å²) in [4.78, 5) is 11.0. The molecule has 0 spiro atoms. The monoisotopic (exact) mass is 180 g/mol. The van der Waals surface area contributed by atoms with Gasteiger partial charge >= 0.3 is 0 Å². The summed E-state index contributed by atoms with van der Waals surface area (Å²) in [7, 11) is 0. The van der Waals surface area contributed by atoms with E-state index >= 15 is 0 Å². The van der Waals surface area contributed by atoms with Crippen molar-refractivity contribution in [1.29, 1.82) is 0 Å². The van der Waals surface area contributed by atoms with Gasteiger partial charge in [0.05, 0.1) is 0 Å². The Bertz CT molecular complexity index is 199. The molecule has 0 saturated heterocycles. The Kier molecular flexibility index (Phi) is 7.27. The molecule has 0 aliphatic heterocycles. The standard InChI is InChI=1S/C12H20O/c1-4-6-7-8-9-10-12(5-2)11(3)13/h5,8-9H,4,6-7,10H2,1-3H3/b9-8+,12-5+. The highest BCUT2D eigenvalue weighted by molar-refractivity contribution is 5.93. The van der Waals surface area contributed by atoms with Gasteiger partial charge in [0.25, 0.3) is 0 Å². The van der Waals surface area contributed by atoms with Crippen molar-refractivity contribution in [1.82, 2.24) is 0 Å². The highest BCUT2D eigenvalue weighted by atomic mass is 16.1. The van der Waals surface area contributed by atoms with Gasteiger partial charge in [-0.1, -0.05) is 38.0 Å². The predicted molar refractivity (Wildman–Crippen MR) is 57.7 cm³/mol. The summed E-state index contributed by atoms with van der Waals surface area (Å²) >= 11 is 0. The van der Waals surface area contributed by atoms with E-state index in [-0.39, 0.29) is 5.78 Å². The molecule has 0 saturated carbocycles. The van der Waals surface area contributed by atoms with Gasteiger partial charge in [-0.3, -0.25) is 4.79 Å². The van der Waals surface area contributed by atoms with Crippen LogP contribution in [0.1, 0.15) is 46.5 Å². The molecule has 0 heterocycles. The Balaban J connectivity index is 3.73. The Hall–Kier alpha value is -0.850. The lowest BCUT2D eigenvalue weighted by Gasteiger charge is -1.96. The summed E-state index contributed by atoms with van der Waals surface area (Å²) < 4.78 is 0. The molecule has 0 N–H and O–H groups in total. The van der Waals surface area contributed by atoms with E-state index in [0.717, 1.165) is 18.4 Å². The van der Waals surface area contributed by atoms with Gasteiger partial charge in [-0.25, -0.2) is 0 Å². The molecule has 1 nitrogen and oxygen atoms in total. The molecular formula is C12H20O. The van der Waals surface area contributed by atoms with Crippen LogP contribution in [0.2, 0.25) is 0 Å². The minimum Gasteiger partial charge on any atom is -0.295 e. The van der Waals surface area contributed by atoms with E-state index in [2.05, 4.69) is 19.1 Å². The Labute approximate surface area is 81.5 Å². The summed E-state index contributed by atoms with van der Waals surface area (Å²) in [6, 6.07) is 0.